The number of ether oxygens (including phenoxy) is 1. The van der Waals surface area contributed by atoms with Gasteiger partial charge in [0.1, 0.15) is 0 Å². The number of likely N-dealkylation sites (tertiary alicyclic amines) is 2. The van der Waals surface area contributed by atoms with Gasteiger partial charge in [-0.05, 0) is 38.8 Å². The third kappa shape index (κ3) is 4.70. The second kappa shape index (κ2) is 8.81. The molecule has 0 atom stereocenters. The van der Waals surface area contributed by atoms with Crippen LogP contribution in [0.4, 0.5) is 0 Å². The lowest BCUT2D eigenvalue weighted by Gasteiger charge is -2.35. The molecule has 0 aromatic rings. The van der Waals surface area contributed by atoms with Crippen molar-refractivity contribution in [3.63, 3.8) is 0 Å². The minimum absolute atomic E-state index is 0.132. The molecule has 3 saturated heterocycles. The Morgan fingerprint density at radius 2 is 1.42 bits per heavy atom. The van der Waals surface area contributed by atoms with Crippen LogP contribution >= 0.6 is 0 Å². The minimum atomic E-state index is 0.132. The Hall–Kier alpha value is -1.14. The molecule has 0 bridgehead atoms. The molecule has 0 aromatic carbocycles. The number of hydrogen-bond donors (Lipinski definition) is 0. The van der Waals surface area contributed by atoms with E-state index in [-0.39, 0.29) is 17.7 Å². The molecule has 136 valence electrons. The molecule has 0 aromatic heterocycles. The van der Waals surface area contributed by atoms with E-state index in [4.69, 9.17) is 4.74 Å². The van der Waals surface area contributed by atoms with Gasteiger partial charge in [0.2, 0.25) is 11.8 Å². The summed E-state index contributed by atoms with van der Waals surface area (Å²) in [5.41, 5.74) is 0. The molecule has 6 nitrogen and oxygen atoms in total. The molecule has 0 N–H and O–H groups in total. The molecule has 0 unspecified atom stereocenters. The maximum absolute atomic E-state index is 12.5. The zero-order valence-electron chi connectivity index (χ0n) is 14.8. The molecule has 0 radical (unpaired) electrons. The van der Waals surface area contributed by atoms with Crippen LogP contribution in [0.2, 0.25) is 0 Å². The summed E-state index contributed by atoms with van der Waals surface area (Å²) in [6.07, 6.45) is 6.54. The molecule has 3 aliphatic heterocycles. The number of carbonyl (C=O) groups is 2. The normalized spacial score (nSPS) is 24.7. The lowest BCUT2D eigenvalue weighted by molar-refractivity contribution is -0.141. The van der Waals surface area contributed by atoms with E-state index in [1.54, 1.807) is 0 Å². The van der Waals surface area contributed by atoms with E-state index in [1.165, 1.54) is 12.8 Å². The fourth-order valence-electron chi connectivity index (χ4n) is 3.99. The highest BCUT2D eigenvalue weighted by molar-refractivity contribution is 5.79. The molecular weight excluding hydrogens is 306 g/mol. The van der Waals surface area contributed by atoms with E-state index >= 15 is 0 Å². The van der Waals surface area contributed by atoms with E-state index in [0.29, 0.717) is 19.8 Å². The number of amides is 2. The zero-order chi connectivity index (χ0) is 16.8. The maximum Gasteiger partial charge on any atom is 0.236 e. The molecular formula is C18H31N3O3. The summed E-state index contributed by atoms with van der Waals surface area (Å²) in [5.74, 6) is 0.694. The predicted molar refractivity (Wildman–Crippen MR) is 91.6 cm³/mol. The van der Waals surface area contributed by atoms with Crippen LogP contribution < -0.4 is 0 Å². The minimum Gasteiger partial charge on any atom is -0.378 e. The molecule has 2 amide bonds. The third-order valence-corrected chi connectivity index (χ3v) is 5.58. The van der Waals surface area contributed by atoms with Crippen molar-refractivity contribution in [2.24, 2.45) is 5.92 Å². The molecule has 3 rings (SSSR count). The standard InChI is InChI=1S/C18H31N3O3/c22-17(20-7-3-1-2-4-8-20)15-19-9-5-16(6-10-19)18(23)21-11-13-24-14-12-21/h16H,1-15H2. The molecule has 3 aliphatic rings. The van der Waals surface area contributed by atoms with Gasteiger partial charge in [-0.1, -0.05) is 12.8 Å². The Labute approximate surface area is 145 Å². The smallest absolute Gasteiger partial charge is 0.236 e. The van der Waals surface area contributed by atoms with Crippen molar-refractivity contribution in [2.45, 2.75) is 38.5 Å². The average molecular weight is 337 g/mol. The average Bonchev–Trinajstić information content (AvgIpc) is 2.92. The van der Waals surface area contributed by atoms with Gasteiger partial charge in [0.15, 0.2) is 0 Å². The third-order valence-electron chi connectivity index (χ3n) is 5.58. The summed E-state index contributed by atoms with van der Waals surface area (Å²) in [5, 5.41) is 0. The maximum atomic E-state index is 12.5. The Morgan fingerprint density at radius 1 is 0.792 bits per heavy atom. The number of nitrogens with zero attached hydrogens (tertiary/aromatic N) is 3. The summed E-state index contributed by atoms with van der Waals surface area (Å²) in [6, 6.07) is 0. The van der Waals surface area contributed by atoms with Crippen LogP contribution in [0.1, 0.15) is 38.5 Å². The van der Waals surface area contributed by atoms with Gasteiger partial charge in [-0.2, -0.15) is 0 Å². The Kier molecular flexibility index (Phi) is 6.49. The van der Waals surface area contributed by atoms with E-state index in [9.17, 15) is 9.59 Å². The first kappa shape index (κ1) is 17.7. The highest BCUT2D eigenvalue weighted by Crippen LogP contribution is 2.20. The quantitative estimate of drug-likeness (QED) is 0.770. The SMILES string of the molecule is O=C(CN1CCC(C(=O)N2CCOCC2)CC1)N1CCCCCC1. The van der Waals surface area contributed by atoms with Crippen LogP contribution in [0.3, 0.4) is 0 Å². The van der Waals surface area contributed by atoms with Gasteiger partial charge in [-0.15, -0.1) is 0 Å². The van der Waals surface area contributed by atoms with Crippen LogP contribution in [0.5, 0.6) is 0 Å². The first-order chi connectivity index (χ1) is 11.7. The molecule has 3 fully saturated rings. The van der Waals surface area contributed by atoms with Crippen LogP contribution in [0, 0.1) is 5.92 Å². The number of carbonyl (C=O) groups excluding carboxylic acids is 2. The van der Waals surface area contributed by atoms with Gasteiger partial charge in [0.05, 0.1) is 19.8 Å². The molecule has 6 heteroatoms. The fourth-order valence-corrected chi connectivity index (χ4v) is 3.99. The number of hydrogen-bond acceptors (Lipinski definition) is 4. The fraction of sp³-hybridized carbons (Fsp3) is 0.889. The zero-order valence-corrected chi connectivity index (χ0v) is 14.8. The first-order valence-electron chi connectivity index (χ1n) is 9.61. The van der Waals surface area contributed by atoms with Crippen LogP contribution in [0.25, 0.3) is 0 Å². The van der Waals surface area contributed by atoms with Crippen molar-refractivity contribution < 1.29 is 14.3 Å². The van der Waals surface area contributed by atoms with E-state index in [0.717, 1.165) is 65.0 Å². The topological polar surface area (TPSA) is 53.1 Å². The molecule has 24 heavy (non-hydrogen) atoms. The number of piperidine rings is 1. The van der Waals surface area contributed by atoms with Gasteiger partial charge < -0.3 is 14.5 Å². The number of morpholine rings is 1. The van der Waals surface area contributed by atoms with Crippen molar-refractivity contribution in [3.05, 3.63) is 0 Å². The highest BCUT2D eigenvalue weighted by atomic mass is 16.5. The van der Waals surface area contributed by atoms with E-state index in [1.807, 2.05) is 9.80 Å². The lowest BCUT2D eigenvalue weighted by Crippen LogP contribution is -2.48. The van der Waals surface area contributed by atoms with Crippen molar-refractivity contribution in [1.29, 1.82) is 0 Å². The Balaban J connectivity index is 1.41. The second-order valence-corrected chi connectivity index (χ2v) is 7.28. The molecule has 0 spiro atoms. The largest absolute Gasteiger partial charge is 0.378 e. The van der Waals surface area contributed by atoms with Gasteiger partial charge in [0.25, 0.3) is 0 Å². The van der Waals surface area contributed by atoms with E-state index < -0.39 is 0 Å². The van der Waals surface area contributed by atoms with Crippen LogP contribution in [0.15, 0.2) is 0 Å². The van der Waals surface area contributed by atoms with Gasteiger partial charge in [0, 0.05) is 32.1 Å². The van der Waals surface area contributed by atoms with E-state index in [2.05, 4.69) is 4.90 Å². The summed E-state index contributed by atoms with van der Waals surface area (Å²) >= 11 is 0. The second-order valence-electron chi connectivity index (χ2n) is 7.28. The summed E-state index contributed by atoms with van der Waals surface area (Å²) < 4.78 is 5.32. The van der Waals surface area contributed by atoms with Crippen LogP contribution in [-0.4, -0.2) is 85.5 Å². The summed E-state index contributed by atoms with van der Waals surface area (Å²) in [6.45, 7) is 6.87. The van der Waals surface area contributed by atoms with Crippen molar-refractivity contribution in [2.75, 3.05) is 59.0 Å². The van der Waals surface area contributed by atoms with Gasteiger partial charge >= 0.3 is 0 Å². The number of rotatable bonds is 3. The van der Waals surface area contributed by atoms with Crippen molar-refractivity contribution in [1.82, 2.24) is 14.7 Å². The van der Waals surface area contributed by atoms with Gasteiger partial charge in [-0.3, -0.25) is 14.5 Å². The molecule has 3 heterocycles. The van der Waals surface area contributed by atoms with Crippen molar-refractivity contribution in [3.8, 4) is 0 Å². The van der Waals surface area contributed by atoms with Gasteiger partial charge in [-0.25, -0.2) is 0 Å². The monoisotopic (exact) mass is 337 g/mol. The molecule has 0 saturated carbocycles. The van der Waals surface area contributed by atoms with Crippen molar-refractivity contribution >= 4 is 11.8 Å². The Bertz CT molecular complexity index is 421. The lowest BCUT2D eigenvalue weighted by atomic mass is 9.95. The van der Waals surface area contributed by atoms with Crippen LogP contribution in [-0.2, 0) is 14.3 Å². The predicted octanol–water partition coefficient (Wildman–Crippen LogP) is 0.960. The molecule has 0 aliphatic carbocycles. The first-order valence-corrected chi connectivity index (χ1v) is 9.61. The highest BCUT2D eigenvalue weighted by Gasteiger charge is 2.30. The summed E-state index contributed by atoms with van der Waals surface area (Å²) in [7, 11) is 0. The summed E-state index contributed by atoms with van der Waals surface area (Å²) in [4.78, 5) is 31.2. The Morgan fingerprint density at radius 3 is 2.04 bits per heavy atom.